The van der Waals surface area contributed by atoms with Crippen molar-refractivity contribution in [3.8, 4) is 11.5 Å². The number of hydrogen-bond donors (Lipinski definition) is 3. The second-order valence-corrected chi connectivity index (χ2v) is 8.59. The molecule has 4 rings (SSSR count). The molecule has 3 aromatic rings. The van der Waals surface area contributed by atoms with Gasteiger partial charge in [0.05, 0.1) is 11.0 Å². The van der Waals surface area contributed by atoms with Crippen molar-refractivity contribution in [3.05, 3.63) is 56.1 Å². The quantitative estimate of drug-likeness (QED) is 0.326. The highest BCUT2D eigenvalue weighted by Gasteiger charge is 2.44. The van der Waals surface area contributed by atoms with E-state index in [0.29, 0.717) is 0 Å². The molecule has 8 heteroatoms. The van der Waals surface area contributed by atoms with Gasteiger partial charge in [0, 0.05) is 17.2 Å². The van der Waals surface area contributed by atoms with E-state index in [9.17, 15) is 25.0 Å². The second-order valence-electron chi connectivity index (χ2n) is 8.59. The third-order valence-corrected chi connectivity index (χ3v) is 5.53. The first-order valence-electron chi connectivity index (χ1n) is 9.86. The number of phenols is 1. The molecule has 0 saturated carbocycles. The number of allylic oxidation sites excluding steroid dienone is 2. The van der Waals surface area contributed by atoms with Crippen LogP contribution in [0.1, 0.15) is 44.9 Å². The minimum Gasteiger partial charge on any atom is -0.507 e. The number of benzene rings is 2. The van der Waals surface area contributed by atoms with Crippen LogP contribution in [0.2, 0.25) is 0 Å². The van der Waals surface area contributed by atoms with Gasteiger partial charge in [0.1, 0.15) is 39.8 Å². The molecule has 2 aromatic carbocycles. The molecule has 0 aliphatic carbocycles. The van der Waals surface area contributed by atoms with E-state index >= 15 is 0 Å². The number of aliphatic hydroxyl groups excluding tert-OH is 1. The maximum absolute atomic E-state index is 13.5. The Morgan fingerprint density at radius 2 is 1.94 bits per heavy atom. The third-order valence-electron chi connectivity index (χ3n) is 5.53. The van der Waals surface area contributed by atoms with Crippen LogP contribution in [-0.2, 0) is 6.42 Å². The van der Waals surface area contributed by atoms with Gasteiger partial charge < -0.3 is 24.5 Å². The molecule has 2 heterocycles. The van der Waals surface area contributed by atoms with Gasteiger partial charge in [0.2, 0.25) is 5.43 Å². The van der Waals surface area contributed by atoms with Crippen LogP contribution in [0, 0.1) is 4.91 Å². The number of nitrogens with zero attached hydrogens (tertiary/aromatic N) is 1. The Hall–Kier alpha value is -3.23. The molecule has 0 fully saturated rings. The van der Waals surface area contributed by atoms with E-state index in [0.717, 1.165) is 5.57 Å². The molecule has 1 aliphatic rings. The number of hydrogen-bond acceptors (Lipinski definition) is 8. The van der Waals surface area contributed by atoms with Gasteiger partial charge in [-0.3, -0.25) is 4.79 Å². The molecule has 8 nitrogen and oxygen atoms in total. The standard InChI is InChI=1S/C23H23NO7/c1-10(2)5-6-11-12(24-29)9-15-18(19(11)25)20(26)16-13(30-15)7-8-14-17(16)21(27)22(31-14)23(3,4)28/h5,7-9,21-22,25,27-28H,6H2,1-4H3. The number of aliphatic hydroxyl groups is 2. The van der Waals surface area contributed by atoms with E-state index in [-0.39, 0.29) is 56.7 Å². The van der Waals surface area contributed by atoms with Gasteiger partial charge >= 0.3 is 0 Å². The summed E-state index contributed by atoms with van der Waals surface area (Å²) < 4.78 is 11.5. The lowest BCUT2D eigenvalue weighted by Gasteiger charge is -2.27. The van der Waals surface area contributed by atoms with E-state index in [1.54, 1.807) is 12.1 Å². The molecule has 2 unspecified atom stereocenters. The van der Waals surface area contributed by atoms with Crippen LogP contribution in [0.3, 0.4) is 0 Å². The van der Waals surface area contributed by atoms with Crippen molar-refractivity contribution in [1.29, 1.82) is 0 Å². The van der Waals surface area contributed by atoms with Crippen molar-refractivity contribution in [2.24, 2.45) is 5.18 Å². The summed E-state index contributed by atoms with van der Waals surface area (Å²) in [6, 6.07) is 4.39. The van der Waals surface area contributed by atoms with Crippen molar-refractivity contribution >= 4 is 27.6 Å². The number of phenolic OH excluding ortho intramolecular Hbond substituents is 1. The lowest BCUT2D eigenvalue weighted by Crippen LogP contribution is -2.41. The van der Waals surface area contributed by atoms with E-state index in [2.05, 4.69) is 5.18 Å². The molecular formula is C23H23NO7. The Balaban J connectivity index is 2.05. The molecule has 0 radical (unpaired) electrons. The first kappa shape index (κ1) is 21.0. The Kier molecular flexibility index (Phi) is 4.87. The van der Waals surface area contributed by atoms with Crippen LogP contribution in [-0.4, -0.2) is 27.0 Å². The van der Waals surface area contributed by atoms with Gasteiger partial charge in [-0.15, -0.1) is 4.91 Å². The van der Waals surface area contributed by atoms with Crippen molar-refractivity contribution in [2.45, 2.75) is 51.9 Å². The van der Waals surface area contributed by atoms with Gasteiger partial charge in [-0.05, 0) is 51.4 Å². The lowest BCUT2D eigenvalue weighted by atomic mass is 9.92. The summed E-state index contributed by atoms with van der Waals surface area (Å²) in [5.41, 5.74) is -0.403. The molecule has 3 N–H and O–H groups in total. The summed E-state index contributed by atoms with van der Waals surface area (Å²) >= 11 is 0. The van der Waals surface area contributed by atoms with E-state index in [1.807, 2.05) is 13.8 Å². The monoisotopic (exact) mass is 425 g/mol. The fraction of sp³-hybridized carbons (Fsp3) is 0.348. The summed E-state index contributed by atoms with van der Waals surface area (Å²) in [7, 11) is 0. The molecule has 31 heavy (non-hydrogen) atoms. The second kappa shape index (κ2) is 7.18. The van der Waals surface area contributed by atoms with E-state index in [4.69, 9.17) is 9.15 Å². The Bertz CT molecular complexity index is 1310. The molecular weight excluding hydrogens is 402 g/mol. The van der Waals surface area contributed by atoms with Crippen LogP contribution in [0.4, 0.5) is 5.69 Å². The fourth-order valence-corrected chi connectivity index (χ4v) is 3.98. The van der Waals surface area contributed by atoms with Gasteiger partial charge in [-0.1, -0.05) is 11.6 Å². The highest BCUT2D eigenvalue weighted by atomic mass is 16.5. The summed E-state index contributed by atoms with van der Waals surface area (Å²) in [5.74, 6) is -0.125. The maximum atomic E-state index is 13.5. The van der Waals surface area contributed by atoms with Crippen LogP contribution in [0.25, 0.3) is 21.9 Å². The molecule has 0 amide bonds. The SMILES string of the molecule is CC(C)=CCc1c(N=O)cc2oc3ccc4c(c3c(=O)c2c1O)C(O)C(C(C)(C)O)O4. The van der Waals surface area contributed by atoms with Crippen LogP contribution in [0.15, 0.2) is 44.2 Å². The molecule has 1 aliphatic heterocycles. The van der Waals surface area contributed by atoms with Crippen molar-refractivity contribution in [2.75, 3.05) is 0 Å². The number of fused-ring (bicyclic) bond motifs is 4. The van der Waals surface area contributed by atoms with Crippen LogP contribution in [0.5, 0.6) is 11.5 Å². The lowest BCUT2D eigenvalue weighted by molar-refractivity contribution is -0.0760. The zero-order valence-corrected chi connectivity index (χ0v) is 17.6. The Labute approximate surface area is 177 Å². The van der Waals surface area contributed by atoms with Crippen LogP contribution >= 0.6 is 0 Å². The Morgan fingerprint density at radius 1 is 1.23 bits per heavy atom. The molecule has 0 saturated heterocycles. The summed E-state index contributed by atoms with van der Waals surface area (Å²) in [4.78, 5) is 24.9. The predicted molar refractivity (Wildman–Crippen MR) is 116 cm³/mol. The smallest absolute Gasteiger partial charge is 0.204 e. The van der Waals surface area contributed by atoms with Gasteiger partial charge in [-0.2, -0.15) is 0 Å². The highest BCUT2D eigenvalue weighted by Crippen LogP contribution is 2.45. The summed E-state index contributed by atoms with van der Waals surface area (Å²) in [5, 5.41) is 35.0. The van der Waals surface area contributed by atoms with E-state index < -0.39 is 23.2 Å². The number of ether oxygens (including phenoxy) is 1. The molecule has 2 atom stereocenters. The number of aromatic hydroxyl groups is 1. The number of nitroso groups, excluding NO2 is 1. The van der Waals surface area contributed by atoms with Crippen molar-refractivity contribution < 1.29 is 24.5 Å². The minimum atomic E-state index is -1.37. The molecule has 162 valence electrons. The zero-order chi connectivity index (χ0) is 22.7. The topological polar surface area (TPSA) is 130 Å². The van der Waals surface area contributed by atoms with Crippen molar-refractivity contribution in [1.82, 2.24) is 0 Å². The van der Waals surface area contributed by atoms with Gasteiger partial charge in [-0.25, -0.2) is 0 Å². The maximum Gasteiger partial charge on any atom is 0.204 e. The first-order chi connectivity index (χ1) is 14.5. The van der Waals surface area contributed by atoms with E-state index in [1.165, 1.54) is 26.0 Å². The highest BCUT2D eigenvalue weighted by molar-refractivity contribution is 5.98. The average Bonchev–Trinajstić information content (AvgIpc) is 3.03. The van der Waals surface area contributed by atoms with Gasteiger partial charge in [0.15, 0.2) is 6.10 Å². The van der Waals surface area contributed by atoms with Crippen molar-refractivity contribution in [3.63, 3.8) is 0 Å². The van der Waals surface area contributed by atoms with Crippen LogP contribution < -0.4 is 10.2 Å². The summed E-state index contributed by atoms with van der Waals surface area (Å²) in [6.45, 7) is 6.75. The third kappa shape index (κ3) is 3.28. The van der Waals surface area contributed by atoms with Gasteiger partial charge in [0.25, 0.3) is 0 Å². The largest absolute Gasteiger partial charge is 0.507 e. The molecule has 0 spiro atoms. The average molecular weight is 425 g/mol. The first-order valence-corrected chi connectivity index (χ1v) is 9.86. The molecule has 1 aromatic heterocycles. The zero-order valence-electron chi connectivity index (χ0n) is 17.6. The fourth-order valence-electron chi connectivity index (χ4n) is 3.98. The normalized spacial score (nSPS) is 18.1. The minimum absolute atomic E-state index is 0.0120. The number of rotatable bonds is 4. The predicted octanol–water partition coefficient (Wildman–Crippen LogP) is 4.12. The molecule has 0 bridgehead atoms. The summed E-state index contributed by atoms with van der Waals surface area (Å²) in [6.07, 6.45) is -0.238. The Morgan fingerprint density at radius 3 is 2.55 bits per heavy atom.